The molecule has 27 heavy (non-hydrogen) atoms. The highest BCUT2D eigenvalue weighted by Crippen LogP contribution is 2.09. The molecule has 0 saturated carbocycles. The monoisotopic (exact) mass is 367 g/mol. The minimum atomic E-state index is -0.955. The van der Waals surface area contributed by atoms with E-state index in [1.807, 2.05) is 60.7 Å². The molecule has 2 rings (SSSR count). The molecule has 0 saturated heterocycles. The molecule has 0 radical (unpaired) electrons. The van der Waals surface area contributed by atoms with Gasteiger partial charge in [-0.25, -0.2) is 9.59 Å². The van der Waals surface area contributed by atoms with Gasteiger partial charge in [-0.05, 0) is 31.9 Å². The van der Waals surface area contributed by atoms with Crippen LogP contribution in [-0.4, -0.2) is 23.7 Å². The number of carbonyl (C=O) groups is 2. The van der Waals surface area contributed by atoms with Crippen LogP contribution in [0.3, 0.4) is 0 Å². The Morgan fingerprint density at radius 2 is 1.59 bits per heavy atom. The highest BCUT2D eigenvalue weighted by Gasteiger charge is 2.23. The maximum atomic E-state index is 12.5. The fraction of sp³-hybridized carbons (Fsp3) is 0.273. The van der Waals surface area contributed by atoms with E-state index in [-0.39, 0.29) is 6.61 Å². The number of hydrogen-bond acceptors (Lipinski definition) is 4. The van der Waals surface area contributed by atoms with Gasteiger partial charge in [-0.3, -0.25) is 0 Å². The van der Waals surface area contributed by atoms with Gasteiger partial charge in [-0.15, -0.1) is 0 Å². The lowest BCUT2D eigenvalue weighted by atomic mass is 10.1. The maximum Gasteiger partial charge on any atom is 0.408 e. The van der Waals surface area contributed by atoms with Crippen LogP contribution in [-0.2, 0) is 20.9 Å². The summed E-state index contributed by atoms with van der Waals surface area (Å²) >= 11 is 0. The van der Waals surface area contributed by atoms with Crippen molar-refractivity contribution in [2.45, 2.75) is 39.0 Å². The van der Waals surface area contributed by atoms with Crippen molar-refractivity contribution in [3.8, 4) is 0 Å². The lowest BCUT2D eigenvalue weighted by Crippen LogP contribution is -2.43. The average Bonchev–Trinajstić information content (AvgIpc) is 2.63. The van der Waals surface area contributed by atoms with E-state index < -0.39 is 23.7 Å². The first-order valence-electron chi connectivity index (χ1n) is 8.77. The first kappa shape index (κ1) is 20.2. The lowest BCUT2D eigenvalue weighted by molar-refractivity contribution is -0.146. The van der Waals surface area contributed by atoms with Gasteiger partial charge in [0.1, 0.15) is 18.2 Å². The number of amides is 1. The molecule has 1 unspecified atom stereocenters. The van der Waals surface area contributed by atoms with E-state index in [0.29, 0.717) is 0 Å². The molecular weight excluding hydrogens is 342 g/mol. The van der Waals surface area contributed by atoms with Gasteiger partial charge < -0.3 is 14.8 Å². The van der Waals surface area contributed by atoms with Gasteiger partial charge in [0, 0.05) is 0 Å². The summed E-state index contributed by atoms with van der Waals surface area (Å²) in [5.41, 5.74) is 1.12. The Morgan fingerprint density at radius 3 is 2.19 bits per heavy atom. The molecule has 5 nitrogen and oxygen atoms in total. The van der Waals surface area contributed by atoms with E-state index in [2.05, 4.69) is 5.32 Å². The summed E-state index contributed by atoms with van der Waals surface area (Å²) in [5.74, 6) is -0.558. The molecule has 0 spiro atoms. The predicted molar refractivity (Wildman–Crippen MR) is 105 cm³/mol. The average molecular weight is 367 g/mol. The highest BCUT2D eigenvalue weighted by atomic mass is 16.6. The van der Waals surface area contributed by atoms with Gasteiger partial charge in [0.25, 0.3) is 0 Å². The van der Waals surface area contributed by atoms with Gasteiger partial charge in [0.05, 0.1) is 0 Å². The van der Waals surface area contributed by atoms with E-state index in [0.717, 1.165) is 11.1 Å². The third-order valence-corrected chi connectivity index (χ3v) is 3.43. The fourth-order valence-corrected chi connectivity index (χ4v) is 2.21. The van der Waals surface area contributed by atoms with Crippen molar-refractivity contribution in [2.75, 3.05) is 0 Å². The van der Waals surface area contributed by atoms with Crippen molar-refractivity contribution < 1.29 is 19.1 Å². The molecule has 1 amide bonds. The highest BCUT2D eigenvalue weighted by molar-refractivity contribution is 5.84. The minimum Gasteiger partial charge on any atom is -0.459 e. The third-order valence-electron chi connectivity index (χ3n) is 3.43. The van der Waals surface area contributed by atoms with Gasteiger partial charge in [-0.1, -0.05) is 72.8 Å². The Morgan fingerprint density at radius 1 is 1.00 bits per heavy atom. The first-order valence-corrected chi connectivity index (χ1v) is 8.77. The van der Waals surface area contributed by atoms with Crippen molar-refractivity contribution in [1.29, 1.82) is 0 Å². The Balaban J connectivity index is 2.06. The summed E-state index contributed by atoms with van der Waals surface area (Å²) in [6.45, 7) is 5.41. The van der Waals surface area contributed by atoms with Crippen molar-refractivity contribution >= 4 is 18.1 Å². The van der Waals surface area contributed by atoms with Crippen LogP contribution < -0.4 is 5.32 Å². The van der Waals surface area contributed by atoms with Crippen molar-refractivity contribution in [2.24, 2.45) is 0 Å². The van der Waals surface area contributed by atoms with Crippen LogP contribution in [0.4, 0.5) is 4.79 Å². The number of nitrogens with one attached hydrogen (secondary N) is 1. The van der Waals surface area contributed by atoms with Crippen LogP contribution in [0, 0.1) is 0 Å². The summed E-state index contributed by atoms with van der Waals surface area (Å²) in [4.78, 5) is 24.6. The van der Waals surface area contributed by atoms with Gasteiger partial charge in [-0.2, -0.15) is 0 Å². The van der Waals surface area contributed by atoms with Gasteiger partial charge >= 0.3 is 12.1 Å². The molecule has 1 N–H and O–H groups in total. The Labute approximate surface area is 160 Å². The number of hydrogen-bond donors (Lipinski definition) is 1. The van der Waals surface area contributed by atoms with E-state index in [9.17, 15) is 9.59 Å². The molecule has 2 aromatic rings. The summed E-state index contributed by atoms with van der Waals surface area (Å²) in [5, 5.41) is 2.56. The molecule has 0 aliphatic carbocycles. The van der Waals surface area contributed by atoms with Crippen LogP contribution in [0.5, 0.6) is 0 Å². The molecule has 0 aromatic heterocycles. The zero-order chi connectivity index (χ0) is 19.7. The van der Waals surface area contributed by atoms with E-state index in [4.69, 9.17) is 9.47 Å². The number of benzene rings is 2. The van der Waals surface area contributed by atoms with Crippen molar-refractivity contribution in [3.63, 3.8) is 0 Å². The number of rotatable bonds is 6. The molecule has 0 bridgehead atoms. The van der Waals surface area contributed by atoms with E-state index >= 15 is 0 Å². The second-order valence-electron chi connectivity index (χ2n) is 6.99. The SMILES string of the molecule is CC(C)(C)OC(=O)NC(/C=C/c1ccccc1)C(=O)OCc1ccccc1. The number of esters is 1. The zero-order valence-electron chi connectivity index (χ0n) is 15.8. The third kappa shape index (κ3) is 7.77. The van der Waals surface area contributed by atoms with Crippen LogP contribution in [0.15, 0.2) is 66.7 Å². The molecule has 0 aliphatic heterocycles. The maximum absolute atomic E-state index is 12.5. The second-order valence-corrected chi connectivity index (χ2v) is 6.99. The normalized spacial score (nSPS) is 12.4. The quantitative estimate of drug-likeness (QED) is 0.772. The first-order chi connectivity index (χ1) is 12.8. The Bertz CT molecular complexity index is 764. The molecule has 0 heterocycles. The van der Waals surface area contributed by atoms with E-state index in [1.165, 1.54) is 0 Å². The van der Waals surface area contributed by atoms with Crippen molar-refractivity contribution in [1.82, 2.24) is 5.32 Å². The van der Waals surface area contributed by atoms with Crippen LogP contribution in [0.1, 0.15) is 31.9 Å². The number of ether oxygens (including phenoxy) is 2. The van der Waals surface area contributed by atoms with E-state index in [1.54, 1.807) is 32.9 Å². The van der Waals surface area contributed by atoms with Crippen molar-refractivity contribution in [3.05, 3.63) is 77.9 Å². The molecule has 0 aliphatic rings. The van der Waals surface area contributed by atoms with Crippen LogP contribution >= 0.6 is 0 Å². The number of alkyl carbamates (subject to hydrolysis) is 1. The topological polar surface area (TPSA) is 64.6 Å². The standard InChI is InChI=1S/C22H25NO4/c1-22(2,3)27-21(25)23-19(15-14-17-10-6-4-7-11-17)20(24)26-16-18-12-8-5-9-13-18/h4-15,19H,16H2,1-3H3,(H,23,25)/b15-14+. The number of carbonyl (C=O) groups excluding carboxylic acids is 2. The Kier molecular flexibility index (Phi) is 7.17. The lowest BCUT2D eigenvalue weighted by Gasteiger charge is -2.21. The minimum absolute atomic E-state index is 0.130. The molecule has 0 fully saturated rings. The predicted octanol–water partition coefficient (Wildman–Crippen LogP) is 4.34. The van der Waals surface area contributed by atoms with Crippen LogP contribution in [0.2, 0.25) is 0 Å². The summed E-state index contributed by atoms with van der Waals surface area (Å²) in [6, 6.07) is 17.9. The summed E-state index contributed by atoms with van der Waals surface area (Å²) in [6.07, 6.45) is 2.67. The fourth-order valence-electron chi connectivity index (χ4n) is 2.21. The zero-order valence-corrected chi connectivity index (χ0v) is 15.8. The molecular formula is C22H25NO4. The largest absolute Gasteiger partial charge is 0.459 e. The van der Waals surface area contributed by atoms with Gasteiger partial charge in [0.2, 0.25) is 0 Å². The smallest absolute Gasteiger partial charge is 0.408 e. The summed E-state index contributed by atoms with van der Waals surface area (Å²) in [7, 11) is 0. The van der Waals surface area contributed by atoms with Gasteiger partial charge in [0.15, 0.2) is 0 Å². The second kappa shape index (κ2) is 9.57. The molecule has 2 aromatic carbocycles. The summed E-state index contributed by atoms with van der Waals surface area (Å²) < 4.78 is 10.6. The Hall–Kier alpha value is -3.08. The molecule has 5 heteroatoms. The van der Waals surface area contributed by atoms with Crippen LogP contribution in [0.25, 0.3) is 6.08 Å². The molecule has 1 atom stereocenters. The molecule has 142 valence electrons.